The van der Waals surface area contributed by atoms with Crippen LogP contribution in [-0.4, -0.2) is 29.9 Å². The van der Waals surface area contributed by atoms with Crippen molar-refractivity contribution in [2.75, 3.05) is 0 Å². The quantitative estimate of drug-likeness (QED) is 0.259. The van der Waals surface area contributed by atoms with E-state index in [0.29, 0.717) is 66.5 Å². The highest BCUT2D eigenvalue weighted by atomic mass is 16.6. The minimum atomic E-state index is -0.537. The van der Waals surface area contributed by atoms with Gasteiger partial charge in [-0.25, -0.2) is 0 Å². The number of esters is 2. The van der Waals surface area contributed by atoms with Crippen molar-refractivity contribution in [1.82, 2.24) is 0 Å². The smallest absolute Gasteiger partial charge is 0.303 e. The lowest BCUT2D eigenvalue weighted by Crippen LogP contribution is -2.60. The summed E-state index contributed by atoms with van der Waals surface area (Å²) in [5.41, 5.74) is 0.0332. The molecule has 5 heteroatoms. The first kappa shape index (κ1) is 29.3. The predicted octanol–water partition coefficient (Wildman–Crippen LogP) is 7.17. The van der Waals surface area contributed by atoms with Crippen molar-refractivity contribution in [2.45, 2.75) is 119 Å². The van der Waals surface area contributed by atoms with E-state index in [9.17, 15) is 14.4 Å². The monoisotopic (exact) mass is 528 g/mol. The third-order valence-corrected chi connectivity index (χ3v) is 11.8. The van der Waals surface area contributed by atoms with Crippen LogP contribution in [0.2, 0.25) is 0 Å². The number of carbonyl (C=O) groups is 3. The zero-order valence-electron chi connectivity index (χ0n) is 25.1. The van der Waals surface area contributed by atoms with Gasteiger partial charge in [0.15, 0.2) is 0 Å². The highest BCUT2D eigenvalue weighted by molar-refractivity contribution is 5.83. The number of allylic oxidation sites excluding steroid dienone is 2. The third-order valence-electron chi connectivity index (χ3n) is 11.8. The van der Waals surface area contributed by atoms with Gasteiger partial charge in [-0.05, 0) is 97.2 Å². The van der Waals surface area contributed by atoms with Gasteiger partial charge in [-0.2, -0.15) is 0 Å². The summed E-state index contributed by atoms with van der Waals surface area (Å²) in [5, 5.41) is 0. The molecule has 0 aromatic carbocycles. The normalized spacial score (nSPS) is 42.2. The van der Waals surface area contributed by atoms with Crippen LogP contribution in [0.5, 0.6) is 0 Å². The van der Waals surface area contributed by atoms with Crippen LogP contribution in [0.1, 0.15) is 107 Å². The molecule has 4 aliphatic rings. The molecule has 4 rings (SSSR count). The molecule has 0 aliphatic heterocycles. The van der Waals surface area contributed by atoms with Crippen LogP contribution in [0, 0.1) is 58.2 Å². The SMILES string of the molecule is CC[C@H](/C=C/[C@@H](C)[C@H]1CC[C@H]2[C@@H]3CC(=O)[C@H]4C[C@@H](OC(C)=O)[C@@H](OC(C)=O)C[C@]4(C)[C@H]3CC[C@]12C)C(C)C. The third kappa shape index (κ3) is 5.24. The fourth-order valence-corrected chi connectivity index (χ4v) is 9.89. The predicted molar refractivity (Wildman–Crippen MR) is 149 cm³/mol. The summed E-state index contributed by atoms with van der Waals surface area (Å²) in [7, 11) is 0. The molecule has 214 valence electrons. The van der Waals surface area contributed by atoms with Crippen molar-refractivity contribution >= 4 is 17.7 Å². The molecular weight excluding hydrogens is 476 g/mol. The molecule has 0 radical (unpaired) electrons. The second kappa shape index (κ2) is 11.1. The topological polar surface area (TPSA) is 69.7 Å². The number of carbonyl (C=O) groups excluding carboxylic acids is 3. The van der Waals surface area contributed by atoms with Gasteiger partial charge in [0.1, 0.15) is 18.0 Å². The summed E-state index contributed by atoms with van der Waals surface area (Å²) >= 11 is 0. The molecule has 0 amide bonds. The van der Waals surface area contributed by atoms with E-state index in [1.54, 1.807) is 0 Å². The Labute approximate surface area is 230 Å². The maximum Gasteiger partial charge on any atom is 0.303 e. The minimum absolute atomic E-state index is 0.134. The Balaban J connectivity index is 1.56. The Hall–Kier alpha value is -1.65. The average Bonchev–Trinajstić information content (AvgIpc) is 3.17. The molecular formula is C33H52O5. The van der Waals surface area contributed by atoms with Crippen molar-refractivity contribution in [3.63, 3.8) is 0 Å². The van der Waals surface area contributed by atoms with Crippen molar-refractivity contribution in [1.29, 1.82) is 0 Å². The van der Waals surface area contributed by atoms with E-state index in [0.717, 1.165) is 6.42 Å². The fourth-order valence-electron chi connectivity index (χ4n) is 9.89. The van der Waals surface area contributed by atoms with Gasteiger partial charge in [0.2, 0.25) is 0 Å². The van der Waals surface area contributed by atoms with E-state index in [1.807, 2.05) is 0 Å². The van der Waals surface area contributed by atoms with Gasteiger partial charge in [-0.1, -0.05) is 53.7 Å². The first-order valence-corrected chi connectivity index (χ1v) is 15.4. The van der Waals surface area contributed by atoms with E-state index in [4.69, 9.17) is 9.47 Å². The minimum Gasteiger partial charge on any atom is -0.459 e. The Morgan fingerprint density at radius 1 is 0.947 bits per heavy atom. The largest absolute Gasteiger partial charge is 0.459 e. The van der Waals surface area contributed by atoms with Crippen LogP contribution in [-0.2, 0) is 23.9 Å². The van der Waals surface area contributed by atoms with Crippen LogP contribution >= 0.6 is 0 Å². The molecule has 0 heterocycles. The van der Waals surface area contributed by atoms with Gasteiger partial charge in [-0.15, -0.1) is 0 Å². The Kier molecular flexibility index (Phi) is 8.56. The lowest BCUT2D eigenvalue weighted by Gasteiger charge is -2.61. The Bertz CT molecular complexity index is 938. The van der Waals surface area contributed by atoms with Crippen molar-refractivity contribution in [3.8, 4) is 0 Å². The maximum atomic E-state index is 13.8. The molecule has 4 aliphatic carbocycles. The molecule has 0 bridgehead atoms. The molecule has 4 saturated carbocycles. The summed E-state index contributed by atoms with van der Waals surface area (Å²) in [5.74, 6) is 3.36. The first-order chi connectivity index (χ1) is 17.8. The summed E-state index contributed by atoms with van der Waals surface area (Å²) in [4.78, 5) is 37.6. The molecule has 0 unspecified atom stereocenters. The number of ether oxygens (including phenoxy) is 2. The lowest BCUT2D eigenvalue weighted by molar-refractivity contribution is -0.195. The standard InChI is InChI=1S/C33H52O5/c1-9-23(19(2)3)11-10-20(4)25-12-13-26-24-16-29(36)28-17-30(37-21(5)34)31(38-22(6)35)18-33(28,8)27(24)14-15-32(25,26)7/h10-11,19-20,23-28,30-31H,9,12-18H2,1-8H3/b11-10+/t20-,23-,24+,25-,26+,27+,28-,30-,31+,32-,33-/m1/s1. The number of ketones is 1. The van der Waals surface area contributed by atoms with Gasteiger partial charge in [0.05, 0.1) is 0 Å². The van der Waals surface area contributed by atoms with E-state index in [1.165, 1.54) is 39.5 Å². The van der Waals surface area contributed by atoms with E-state index >= 15 is 0 Å². The Morgan fingerprint density at radius 3 is 2.18 bits per heavy atom. The highest BCUT2D eigenvalue weighted by Crippen LogP contribution is 2.68. The fraction of sp³-hybridized carbons (Fsp3) is 0.848. The second-order valence-electron chi connectivity index (χ2n) is 14.1. The lowest BCUT2D eigenvalue weighted by atomic mass is 9.44. The molecule has 11 atom stereocenters. The highest BCUT2D eigenvalue weighted by Gasteiger charge is 2.64. The van der Waals surface area contributed by atoms with Gasteiger partial charge in [0, 0.05) is 26.2 Å². The van der Waals surface area contributed by atoms with Gasteiger partial charge in [-0.3, -0.25) is 14.4 Å². The van der Waals surface area contributed by atoms with E-state index < -0.39 is 12.2 Å². The molecule has 0 aromatic heterocycles. The molecule has 0 N–H and O–H groups in total. The van der Waals surface area contributed by atoms with Crippen molar-refractivity contribution in [3.05, 3.63) is 12.2 Å². The van der Waals surface area contributed by atoms with Gasteiger partial charge < -0.3 is 9.47 Å². The number of Topliss-reactive ketones (excluding diaryl/α,β-unsaturated/α-hetero) is 1. The van der Waals surface area contributed by atoms with Gasteiger partial charge >= 0.3 is 11.9 Å². The zero-order chi connectivity index (χ0) is 28.0. The maximum absolute atomic E-state index is 13.8. The number of rotatable bonds is 7. The van der Waals surface area contributed by atoms with Crippen LogP contribution in [0.3, 0.4) is 0 Å². The Morgan fingerprint density at radius 2 is 1.58 bits per heavy atom. The molecule has 4 fully saturated rings. The van der Waals surface area contributed by atoms with Crippen LogP contribution in [0.25, 0.3) is 0 Å². The molecule has 0 spiro atoms. The second-order valence-corrected chi connectivity index (χ2v) is 14.1. The number of hydrogen-bond acceptors (Lipinski definition) is 5. The van der Waals surface area contributed by atoms with Crippen LogP contribution < -0.4 is 0 Å². The van der Waals surface area contributed by atoms with Crippen LogP contribution in [0.15, 0.2) is 12.2 Å². The summed E-state index contributed by atoms with van der Waals surface area (Å²) in [6.45, 7) is 16.9. The summed E-state index contributed by atoms with van der Waals surface area (Å²) in [6, 6.07) is 0. The molecule has 0 aromatic rings. The van der Waals surface area contributed by atoms with Crippen LogP contribution in [0.4, 0.5) is 0 Å². The number of hydrogen-bond donors (Lipinski definition) is 0. The zero-order valence-corrected chi connectivity index (χ0v) is 25.1. The molecule has 38 heavy (non-hydrogen) atoms. The average molecular weight is 529 g/mol. The summed E-state index contributed by atoms with van der Waals surface area (Å²) in [6.07, 6.45) is 11.6. The summed E-state index contributed by atoms with van der Waals surface area (Å²) < 4.78 is 11.3. The molecule has 0 saturated heterocycles. The first-order valence-electron chi connectivity index (χ1n) is 15.4. The van der Waals surface area contributed by atoms with Gasteiger partial charge in [0.25, 0.3) is 0 Å². The van der Waals surface area contributed by atoms with E-state index in [2.05, 4.69) is 53.7 Å². The van der Waals surface area contributed by atoms with Crippen molar-refractivity contribution in [2.24, 2.45) is 58.2 Å². The molecule has 5 nitrogen and oxygen atoms in total. The van der Waals surface area contributed by atoms with Crippen molar-refractivity contribution < 1.29 is 23.9 Å². The number of fused-ring (bicyclic) bond motifs is 5. The van der Waals surface area contributed by atoms with E-state index in [-0.39, 0.29) is 28.7 Å².